The van der Waals surface area contributed by atoms with Gasteiger partial charge in [-0.15, -0.1) is 0 Å². The van der Waals surface area contributed by atoms with Crippen LogP contribution in [0.4, 0.5) is 4.39 Å². The normalized spacial score (nSPS) is 22.4. The molecule has 0 aliphatic carbocycles. The molecule has 0 radical (unpaired) electrons. The van der Waals surface area contributed by atoms with Crippen LogP contribution in [-0.4, -0.2) is 49.3 Å². The average Bonchev–Trinajstić information content (AvgIpc) is 2.41. The van der Waals surface area contributed by atoms with Crippen molar-refractivity contribution < 1.29 is 9.13 Å². The molecule has 1 aromatic heterocycles. The number of rotatable bonds is 5. The molecule has 4 nitrogen and oxygen atoms in total. The van der Waals surface area contributed by atoms with Crippen LogP contribution in [0.15, 0.2) is 18.5 Å². The number of halogens is 1. The first-order chi connectivity index (χ1) is 9.24. The van der Waals surface area contributed by atoms with E-state index >= 15 is 0 Å². The van der Waals surface area contributed by atoms with Gasteiger partial charge < -0.3 is 10.1 Å². The first-order valence-corrected chi connectivity index (χ1v) is 6.86. The van der Waals surface area contributed by atoms with E-state index in [-0.39, 0.29) is 18.0 Å². The molecule has 0 saturated carbocycles. The third kappa shape index (κ3) is 3.72. The number of aromatic nitrogens is 1. The number of nitrogens with zero attached hydrogens (tertiary/aromatic N) is 2. The molecule has 0 spiro atoms. The fourth-order valence-corrected chi connectivity index (χ4v) is 2.62. The zero-order valence-electron chi connectivity index (χ0n) is 11.6. The Morgan fingerprint density at radius 1 is 1.58 bits per heavy atom. The van der Waals surface area contributed by atoms with Gasteiger partial charge in [-0.3, -0.25) is 9.88 Å². The third-order valence-corrected chi connectivity index (χ3v) is 3.49. The van der Waals surface area contributed by atoms with Crippen molar-refractivity contribution in [1.82, 2.24) is 15.2 Å². The van der Waals surface area contributed by atoms with E-state index in [1.165, 1.54) is 12.3 Å². The minimum absolute atomic E-state index is 0.0251. The highest BCUT2D eigenvalue weighted by Gasteiger charge is 2.28. The Kier molecular flexibility index (Phi) is 5.24. The van der Waals surface area contributed by atoms with Gasteiger partial charge in [-0.25, -0.2) is 4.39 Å². The smallest absolute Gasteiger partial charge is 0.141 e. The summed E-state index contributed by atoms with van der Waals surface area (Å²) in [4.78, 5) is 6.31. The summed E-state index contributed by atoms with van der Waals surface area (Å²) in [5.74, 6) is -0.307. The van der Waals surface area contributed by atoms with Crippen LogP contribution >= 0.6 is 0 Å². The molecular weight excluding hydrogens is 245 g/mol. The van der Waals surface area contributed by atoms with Crippen molar-refractivity contribution in [2.75, 3.05) is 33.3 Å². The van der Waals surface area contributed by atoms with Crippen LogP contribution in [0.2, 0.25) is 0 Å². The van der Waals surface area contributed by atoms with Gasteiger partial charge in [0.25, 0.3) is 0 Å². The Balaban J connectivity index is 2.08. The van der Waals surface area contributed by atoms with Crippen molar-refractivity contribution >= 4 is 0 Å². The van der Waals surface area contributed by atoms with Gasteiger partial charge >= 0.3 is 0 Å². The molecule has 1 aliphatic rings. The van der Waals surface area contributed by atoms with Gasteiger partial charge in [0.05, 0.1) is 24.9 Å². The third-order valence-electron chi connectivity index (χ3n) is 3.49. The Hall–Kier alpha value is -1.04. The Labute approximate surface area is 114 Å². The van der Waals surface area contributed by atoms with Gasteiger partial charge in [0.2, 0.25) is 0 Å². The Bertz CT molecular complexity index is 400. The van der Waals surface area contributed by atoms with E-state index in [9.17, 15) is 4.39 Å². The molecular formula is C14H22FN3O. The summed E-state index contributed by atoms with van der Waals surface area (Å²) in [6.07, 6.45) is 4.10. The average molecular weight is 267 g/mol. The fourth-order valence-electron chi connectivity index (χ4n) is 2.62. The molecule has 1 saturated heterocycles. The van der Waals surface area contributed by atoms with Gasteiger partial charge in [0, 0.05) is 19.3 Å². The number of likely N-dealkylation sites (N-methyl/N-ethyl adjacent to an activating group) is 1. The molecule has 2 rings (SSSR count). The van der Waals surface area contributed by atoms with Crippen LogP contribution in [0.5, 0.6) is 0 Å². The SMILES string of the molecule is CCCN1CCOC(C(NC)c2cncc(F)c2)C1. The summed E-state index contributed by atoms with van der Waals surface area (Å²) in [5, 5.41) is 3.22. The van der Waals surface area contributed by atoms with Crippen LogP contribution in [0.1, 0.15) is 24.9 Å². The molecule has 2 atom stereocenters. The number of ether oxygens (including phenoxy) is 1. The molecule has 1 aliphatic heterocycles. The number of nitrogens with one attached hydrogen (secondary N) is 1. The second kappa shape index (κ2) is 6.93. The summed E-state index contributed by atoms with van der Waals surface area (Å²) in [6.45, 7) is 5.83. The lowest BCUT2D eigenvalue weighted by atomic mass is 10.0. The molecule has 19 heavy (non-hydrogen) atoms. The summed E-state index contributed by atoms with van der Waals surface area (Å²) >= 11 is 0. The van der Waals surface area contributed by atoms with Crippen LogP contribution in [-0.2, 0) is 4.74 Å². The van der Waals surface area contributed by atoms with Crippen LogP contribution in [0.3, 0.4) is 0 Å². The van der Waals surface area contributed by atoms with E-state index in [0.29, 0.717) is 0 Å². The van der Waals surface area contributed by atoms with E-state index < -0.39 is 0 Å². The van der Waals surface area contributed by atoms with E-state index in [4.69, 9.17) is 4.74 Å². The number of hydrogen-bond donors (Lipinski definition) is 1. The first kappa shape index (κ1) is 14.4. The number of pyridine rings is 1. The number of hydrogen-bond acceptors (Lipinski definition) is 4. The maximum atomic E-state index is 13.3. The fraction of sp³-hybridized carbons (Fsp3) is 0.643. The molecule has 106 valence electrons. The minimum Gasteiger partial charge on any atom is -0.374 e. The highest BCUT2D eigenvalue weighted by atomic mass is 19.1. The lowest BCUT2D eigenvalue weighted by Gasteiger charge is -2.36. The lowest BCUT2D eigenvalue weighted by molar-refractivity contribution is -0.0459. The van der Waals surface area contributed by atoms with Crippen molar-refractivity contribution in [1.29, 1.82) is 0 Å². The van der Waals surface area contributed by atoms with Gasteiger partial charge in [0.15, 0.2) is 0 Å². The van der Waals surface area contributed by atoms with Crippen molar-refractivity contribution in [2.24, 2.45) is 0 Å². The van der Waals surface area contributed by atoms with Crippen LogP contribution < -0.4 is 5.32 Å². The summed E-state index contributed by atoms with van der Waals surface area (Å²) in [6, 6.07) is 1.50. The Morgan fingerprint density at radius 3 is 3.11 bits per heavy atom. The molecule has 2 unspecified atom stereocenters. The molecule has 5 heteroatoms. The summed E-state index contributed by atoms with van der Waals surface area (Å²) in [5.41, 5.74) is 0.839. The zero-order chi connectivity index (χ0) is 13.7. The molecule has 1 aromatic rings. The monoisotopic (exact) mass is 267 g/mol. The number of morpholine rings is 1. The van der Waals surface area contributed by atoms with Gasteiger partial charge in [-0.2, -0.15) is 0 Å². The van der Waals surface area contributed by atoms with Crippen molar-refractivity contribution in [2.45, 2.75) is 25.5 Å². The molecule has 0 aromatic carbocycles. The predicted molar refractivity (Wildman–Crippen MR) is 72.5 cm³/mol. The van der Waals surface area contributed by atoms with Crippen LogP contribution in [0, 0.1) is 5.82 Å². The highest BCUT2D eigenvalue weighted by molar-refractivity contribution is 5.17. The van der Waals surface area contributed by atoms with Crippen LogP contribution in [0.25, 0.3) is 0 Å². The summed E-state index contributed by atoms with van der Waals surface area (Å²) in [7, 11) is 1.87. The Morgan fingerprint density at radius 2 is 2.42 bits per heavy atom. The lowest BCUT2D eigenvalue weighted by Crippen LogP contribution is -2.47. The summed E-state index contributed by atoms with van der Waals surface area (Å²) < 4.78 is 19.1. The zero-order valence-corrected chi connectivity index (χ0v) is 11.6. The largest absolute Gasteiger partial charge is 0.374 e. The maximum Gasteiger partial charge on any atom is 0.141 e. The second-order valence-electron chi connectivity index (χ2n) is 4.91. The van der Waals surface area contributed by atoms with Gasteiger partial charge in [0.1, 0.15) is 5.82 Å². The molecule has 1 fully saturated rings. The van der Waals surface area contributed by atoms with Crippen molar-refractivity contribution in [3.05, 3.63) is 29.8 Å². The van der Waals surface area contributed by atoms with E-state index in [1.54, 1.807) is 6.20 Å². The predicted octanol–water partition coefficient (Wildman–Crippen LogP) is 1.59. The molecule has 2 heterocycles. The van der Waals surface area contributed by atoms with E-state index in [0.717, 1.165) is 38.2 Å². The van der Waals surface area contributed by atoms with Gasteiger partial charge in [-0.1, -0.05) is 6.92 Å². The first-order valence-electron chi connectivity index (χ1n) is 6.86. The topological polar surface area (TPSA) is 37.4 Å². The molecule has 0 bridgehead atoms. The quantitative estimate of drug-likeness (QED) is 0.879. The molecule has 0 amide bonds. The highest BCUT2D eigenvalue weighted by Crippen LogP contribution is 2.22. The standard InChI is InChI=1S/C14H22FN3O/c1-3-4-18-5-6-19-13(10-18)14(16-2)11-7-12(15)9-17-8-11/h7-9,13-14,16H,3-6,10H2,1-2H3. The second-order valence-corrected chi connectivity index (χ2v) is 4.91. The van der Waals surface area contributed by atoms with Gasteiger partial charge in [-0.05, 0) is 31.6 Å². The van der Waals surface area contributed by atoms with E-state index in [2.05, 4.69) is 22.1 Å². The van der Waals surface area contributed by atoms with Crippen molar-refractivity contribution in [3.63, 3.8) is 0 Å². The van der Waals surface area contributed by atoms with Crippen molar-refractivity contribution in [3.8, 4) is 0 Å². The maximum absolute atomic E-state index is 13.3. The molecule has 1 N–H and O–H groups in total. The minimum atomic E-state index is -0.307. The van der Waals surface area contributed by atoms with E-state index in [1.807, 2.05) is 7.05 Å².